The Bertz CT molecular complexity index is 752. The van der Waals surface area contributed by atoms with Crippen LogP contribution in [0.25, 0.3) is 0 Å². The molecule has 0 aromatic heterocycles. The van der Waals surface area contributed by atoms with Crippen LogP contribution in [-0.2, 0) is 10.0 Å². The predicted molar refractivity (Wildman–Crippen MR) is 90.4 cm³/mol. The van der Waals surface area contributed by atoms with Crippen LogP contribution in [-0.4, -0.2) is 39.5 Å². The SMILES string of the molecule is CNS(=O)(=O)c1ccc(N2CC3CCCC(N)C3C2)c([N+](=O)[O-])c1. The third-order valence-corrected chi connectivity index (χ3v) is 6.63. The van der Waals surface area contributed by atoms with Crippen LogP contribution in [0.5, 0.6) is 0 Å². The zero-order valence-electron chi connectivity index (χ0n) is 13.5. The van der Waals surface area contributed by atoms with Crippen molar-refractivity contribution in [1.29, 1.82) is 0 Å². The quantitative estimate of drug-likeness (QED) is 0.616. The van der Waals surface area contributed by atoms with Crippen molar-refractivity contribution in [2.75, 3.05) is 25.0 Å². The van der Waals surface area contributed by atoms with Crippen molar-refractivity contribution < 1.29 is 13.3 Å². The van der Waals surface area contributed by atoms with E-state index >= 15 is 0 Å². The third kappa shape index (κ3) is 2.99. The largest absolute Gasteiger partial charge is 0.365 e. The number of fused-ring (bicyclic) bond motifs is 1. The number of benzene rings is 1. The third-order valence-electron chi connectivity index (χ3n) is 5.22. The van der Waals surface area contributed by atoms with Gasteiger partial charge in [-0.25, -0.2) is 13.1 Å². The summed E-state index contributed by atoms with van der Waals surface area (Å²) in [7, 11) is -2.44. The second-order valence-corrected chi connectivity index (χ2v) is 8.43. The summed E-state index contributed by atoms with van der Waals surface area (Å²) in [5, 5.41) is 11.5. The summed E-state index contributed by atoms with van der Waals surface area (Å²) in [6.45, 7) is 1.42. The summed E-state index contributed by atoms with van der Waals surface area (Å²) >= 11 is 0. The molecule has 1 aliphatic heterocycles. The fourth-order valence-corrected chi connectivity index (χ4v) is 4.66. The number of nitrogens with two attached hydrogens (primary N) is 1. The van der Waals surface area contributed by atoms with Gasteiger partial charge in [-0.3, -0.25) is 10.1 Å². The number of anilines is 1. The van der Waals surface area contributed by atoms with Crippen LogP contribution in [0.2, 0.25) is 0 Å². The van der Waals surface area contributed by atoms with Crippen LogP contribution < -0.4 is 15.4 Å². The van der Waals surface area contributed by atoms with Gasteiger partial charge in [0.15, 0.2) is 0 Å². The fourth-order valence-electron chi connectivity index (χ4n) is 3.92. The Balaban J connectivity index is 1.95. The first-order valence-corrected chi connectivity index (χ1v) is 9.54. The summed E-state index contributed by atoms with van der Waals surface area (Å²) in [6.07, 6.45) is 3.18. The van der Waals surface area contributed by atoms with E-state index in [1.165, 1.54) is 19.2 Å². The highest BCUT2D eigenvalue weighted by atomic mass is 32.2. The van der Waals surface area contributed by atoms with Gasteiger partial charge in [-0.15, -0.1) is 0 Å². The first kappa shape index (κ1) is 17.1. The number of nitro benzene ring substituents is 1. The molecule has 1 saturated heterocycles. The van der Waals surface area contributed by atoms with E-state index < -0.39 is 14.9 Å². The van der Waals surface area contributed by atoms with E-state index in [0.717, 1.165) is 31.9 Å². The first-order valence-electron chi connectivity index (χ1n) is 8.06. The fraction of sp³-hybridized carbons (Fsp3) is 0.600. The van der Waals surface area contributed by atoms with E-state index in [1.807, 2.05) is 4.90 Å². The standard InChI is InChI=1S/C15H22N4O4S/c1-17-24(22,23)11-5-6-14(15(7-11)19(20)21)18-8-10-3-2-4-13(16)12(10)9-18/h5-7,10,12-13,17H,2-4,8-9,16H2,1H3. The molecule has 132 valence electrons. The van der Waals surface area contributed by atoms with Gasteiger partial charge in [0.2, 0.25) is 10.0 Å². The Morgan fingerprint density at radius 1 is 1.33 bits per heavy atom. The van der Waals surface area contributed by atoms with Crippen LogP contribution >= 0.6 is 0 Å². The molecule has 1 aromatic carbocycles. The van der Waals surface area contributed by atoms with Crippen molar-refractivity contribution in [3.05, 3.63) is 28.3 Å². The van der Waals surface area contributed by atoms with Crippen LogP contribution in [0.15, 0.2) is 23.1 Å². The second-order valence-electron chi connectivity index (χ2n) is 6.54. The molecule has 9 heteroatoms. The van der Waals surface area contributed by atoms with Gasteiger partial charge < -0.3 is 10.6 Å². The Kier molecular flexibility index (Phi) is 4.50. The summed E-state index contributed by atoms with van der Waals surface area (Å²) in [4.78, 5) is 12.8. The van der Waals surface area contributed by atoms with Crippen molar-refractivity contribution in [3.8, 4) is 0 Å². The minimum absolute atomic E-state index is 0.103. The minimum atomic E-state index is -3.72. The number of sulfonamides is 1. The lowest BCUT2D eigenvalue weighted by Crippen LogP contribution is -2.38. The topological polar surface area (TPSA) is 119 Å². The molecule has 1 aliphatic carbocycles. The molecule has 1 aromatic rings. The highest BCUT2D eigenvalue weighted by molar-refractivity contribution is 7.89. The molecule has 24 heavy (non-hydrogen) atoms. The number of hydrogen-bond acceptors (Lipinski definition) is 6. The molecule has 3 rings (SSSR count). The van der Waals surface area contributed by atoms with Crippen LogP contribution in [0.3, 0.4) is 0 Å². The minimum Gasteiger partial charge on any atom is -0.365 e. The first-order chi connectivity index (χ1) is 11.3. The number of nitrogens with one attached hydrogen (secondary N) is 1. The molecule has 2 fully saturated rings. The van der Waals surface area contributed by atoms with Gasteiger partial charge in [0.25, 0.3) is 5.69 Å². The molecule has 3 atom stereocenters. The van der Waals surface area contributed by atoms with Gasteiger partial charge in [-0.05, 0) is 43.9 Å². The van der Waals surface area contributed by atoms with Crippen LogP contribution in [0, 0.1) is 22.0 Å². The molecular weight excluding hydrogens is 332 g/mol. The lowest BCUT2D eigenvalue weighted by molar-refractivity contribution is -0.384. The maximum absolute atomic E-state index is 11.9. The summed E-state index contributed by atoms with van der Waals surface area (Å²) < 4.78 is 26.0. The van der Waals surface area contributed by atoms with Crippen LogP contribution in [0.4, 0.5) is 11.4 Å². The van der Waals surface area contributed by atoms with Crippen molar-refractivity contribution in [1.82, 2.24) is 4.72 Å². The molecule has 3 unspecified atom stereocenters. The summed E-state index contributed by atoms with van der Waals surface area (Å²) in [5.41, 5.74) is 6.50. The van der Waals surface area contributed by atoms with Gasteiger partial charge in [-0.2, -0.15) is 0 Å². The summed E-state index contributed by atoms with van der Waals surface area (Å²) in [6, 6.07) is 4.21. The second kappa shape index (κ2) is 6.30. The van der Waals surface area contributed by atoms with E-state index in [-0.39, 0.29) is 16.6 Å². The lowest BCUT2D eigenvalue weighted by Gasteiger charge is -2.29. The Morgan fingerprint density at radius 3 is 2.71 bits per heavy atom. The smallest absolute Gasteiger partial charge is 0.293 e. The maximum Gasteiger partial charge on any atom is 0.293 e. The normalized spacial score (nSPS) is 27.1. The Labute approximate surface area is 141 Å². The molecule has 2 aliphatic rings. The van der Waals surface area contributed by atoms with E-state index in [2.05, 4.69) is 4.72 Å². The molecular formula is C15H22N4O4S. The maximum atomic E-state index is 11.9. The Hall–Kier alpha value is -1.71. The average molecular weight is 354 g/mol. The highest BCUT2D eigenvalue weighted by Gasteiger charge is 2.40. The van der Waals surface area contributed by atoms with Gasteiger partial charge in [0.1, 0.15) is 5.69 Å². The Morgan fingerprint density at radius 2 is 2.08 bits per heavy atom. The zero-order chi connectivity index (χ0) is 17.5. The van der Waals surface area contributed by atoms with E-state index in [9.17, 15) is 18.5 Å². The van der Waals surface area contributed by atoms with E-state index in [1.54, 1.807) is 0 Å². The molecule has 1 saturated carbocycles. The van der Waals surface area contributed by atoms with Gasteiger partial charge in [-0.1, -0.05) is 6.42 Å². The van der Waals surface area contributed by atoms with Crippen LogP contribution in [0.1, 0.15) is 19.3 Å². The average Bonchev–Trinajstić information content (AvgIpc) is 2.99. The van der Waals surface area contributed by atoms with Crippen molar-refractivity contribution >= 4 is 21.4 Å². The van der Waals surface area contributed by atoms with Gasteiger partial charge >= 0.3 is 0 Å². The van der Waals surface area contributed by atoms with Crippen molar-refractivity contribution in [2.45, 2.75) is 30.2 Å². The molecule has 3 N–H and O–H groups in total. The predicted octanol–water partition coefficient (Wildman–Crippen LogP) is 1.07. The number of nitro groups is 1. The molecule has 0 bridgehead atoms. The summed E-state index contributed by atoms with van der Waals surface area (Å²) in [5.74, 6) is 0.799. The number of rotatable bonds is 4. The molecule has 0 radical (unpaired) electrons. The molecule has 0 spiro atoms. The molecule has 1 heterocycles. The van der Waals surface area contributed by atoms with Crippen molar-refractivity contribution in [2.24, 2.45) is 17.6 Å². The number of hydrogen-bond donors (Lipinski definition) is 2. The lowest BCUT2D eigenvalue weighted by atomic mass is 9.78. The highest BCUT2D eigenvalue weighted by Crippen LogP contribution is 2.40. The van der Waals surface area contributed by atoms with E-state index in [0.29, 0.717) is 24.1 Å². The van der Waals surface area contributed by atoms with Gasteiger partial charge in [0, 0.05) is 25.2 Å². The van der Waals surface area contributed by atoms with Crippen molar-refractivity contribution in [3.63, 3.8) is 0 Å². The monoisotopic (exact) mass is 354 g/mol. The van der Waals surface area contributed by atoms with Gasteiger partial charge in [0.05, 0.1) is 9.82 Å². The molecule has 8 nitrogen and oxygen atoms in total. The molecule has 0 amide bonds. The zero-order valence-corrected chi connectivity index (χ0v) is 14.3. The van der Waals surface area contributed by atoms with E-state index in [4.69, 9.17) is 5.73 Å². The number of nitrogens with zero attached hydrogens (tertiary/aromatic N) is 2.